The summed E-state index contributed by atoms with van der Waals surface area (Å²) in [7, 11) is 0. The number of ether oxygens (including phenoxy) is 4. The van der Waals surface area contributed by atoms with Crippen LogP contribution in [0.4, 0.5) is 0 Å². The lowest BCUT2D eigenvalue weighted by molar-refractivity contribution is -0.128. The van der Waals surface area contributed by atoms with Crippen molar-refractivity contribution >= 4 is 61.4 Å². The summed E-state index contributed by atoms with van der Waals surface area (Å²) in [5, 5.41) is 14.1. The Bertz CT molecular complexity index is 921. The number of alkyl halides is 2. The van der Waals surface area contributed by atoms with Crippen molar-refractivity contribution in [2.45, 2.75) is 109 Å². The van der Waals surface area contributed by atoms with Gasteiger partial charge in [0.2, 0.25) is 29.5 Å². The summed E-state index contributed by atoms with van der Waals surface area (Å²) in [5.74, 6) is -0.836. The van der Waals surface area contributed by atoms with Crippen LogP contribution in [0.15, 0.2) is 0 Å². The first kappa shape index (κ1) is 50.1. The molecule has 0 aliphatic carbocycles. The highest BCUT2D eigenvalue weighted by atomic mass is 79.9. The molecule has 0 spiro atoms. The van der Waals surface area contributed by atoms with E-state index in [0.29, 0.717) is 78.5 Å². The SMILES string of the molecule is CCCCCCCCCCCCCC(=O)NCCOCCOCCNC(=O)CCOCCOCCNC(=O)[C@H](CCCNC(=O)CBr)NC(=O)CBr. The Hall–Kier alpha value is -1.85. The lowest BCUT2D eigenvalue weighted by Crippen LogP contribution is -2.48. The molecule has 5 amide bonds. The molecule has 0 saturated carbocycles. The van der Waals surface area contributed by atoms with E-state index in [4.69, 9.17) is 18.9 Å². The fraction of sp³-hybridized carbons (Fsp3) is 0.861. The van der Waals surface area contributed by atoms with E-state index in [1.165, 1.54) is 57.8 Å². The Labute approximate surface area is 328 Å². The first-order valence-electron chi connectivity index (χ1n) is 19.1. The van der Waals surface area contributed by atoms with Crippen molar-refractivity contribution in [3.63, 3.8) is 0 Å². The van der Waals surface area contributed by atoms with Crippen molar-refractivity contribution in [1.29, 1.82) is 0 Å². The molecular weight excluding hydrogens is 806 g/mol. The molecule has 0 bridgehead atoms. The minimum atomic E-state index is -0.716. The molecule has 16 heteroatoms. The Morgan fingerprint density at radius 1 is 0.462 bits per heavy atom. The molecule has 5 N–H and O–H groups in total. The maximum Gasteiger partial charge on any atom is 0.242 e. The van der Waals surface area contributed by atoms with Gasteiger partial charge in [-0.25, -0.2) is 0 Å². The van der Waals surface area contributed by atoms with Crippen molar-refractivity contribution in [3.05, 3.63) is 0 Å². The minimum absolute atomic E-state index is 0.0792. The average molecular weight is 874 g/mol. The number of carbonyl (C=O) groups is 5. The van der Waals surface area contributed by atoms with E-state index in [9.17, 15) is 24.0 Å². The van der Waals surface area contributed by atoms with Gasteiger partial charge in [-0.2, -0.15) is 0 Å². The normalized spacial score (nSPS) is 11.5. The van der Waals surface area contributed by atoms with E-state index in [0.717, 1.165) is 12.8 Å². The average Bonchev–Trinajstić information content (AvgIpc) is 3.14. The molecule has 0 aliphatic rings. The second-order valence-electron chi connectivity index (χ2n) is 12.4. The van der Waals surface area contributed by atoms with Crippen molar-refractivity contribution in [2.24, 2.45) is 0 Å². The summed E-state index contributed by atoms with van der Waals surface area (Å²) >= 11 is 6.15. The maximum atomic E-state index is 12.5. The number of carbonyl (C=O) groups excluding carboxylic acids is 5. The van der Waals surface area contributed by atoms with Crippen LogP contribution in [0.1, 0.15) is 103 Å². The Balaban J connectivity index is 3.57. The third-order valence-electron chi connectivity index (χ3n) is 7.79. The van der Waals surface area contributed by atoms with Crippen LogP contribution in [0.3, 0.4) is 0 Å². The molecule has 0 fully saturated rings. The second-order valence-corrected chi connectivity index (χ2v) is 13.5. The van der Waals surface area contributed by atoms with Crippen molar-refractivity contribution in [3.8, 4) is 0 Å². The van der Waals surface area contributed by atoms with Gasteiger partial charge in [0, 0.05) is 39.0 Å². The van der Waals surface area contributed by atoms with E-state index in [1.54, 1.807) is 0 Å². The monoisotopic (exact) mass is 871 g/mol. The van der Waals surface area contributed by atoms with E-state index >= 15 is 0 Å². The molecule has 0 aromatic heterocycles. The quantitative estimate of drug-likeness (QED) is 0.0457. The smallest absolute Gasteiger partial charge is 0.242 e. The third kappa shape index (κ3) is 35.2. The van der Waals surface area contributed by atoms with Gasteiger partial charge in [0.15, 0.2) is 0 Å². The Kier molecular flexibility index (Phi) is 37.5. The molecule has 304 valence electrons. The van der Waals surface area contributed by atoms with Crippen molar-refractivity contribution in [1.82, 2.24) is 26.6 Å². The predicted octanol–water partition coefficient (Wildman–Crippen LogP) is 3.66. The Morgan fingerprint density at radius 2 is 0.904 bits per heavy atom. The van der Waals surface area contributed by atoms with E-state index in [2.05, 4.69) is 65.4 Å². The molecular formula is C36H67Br2N5O9. The van der Waals surface area contributed by atoms with Crippen LogP contribution in [0.2, 0.25) is 0 Å². The van der Waals surface area contributed by atoms with Gasteiger partial charge in [0.1, 0.15) is 6.04 Å². The largest absolute Gasteiger partial charge is 0.379 e. The number of amides is 5. The molecule has 0 heterocycles. The highest BCUT2D eigenvalue weighted by Gasteiger charge is 2.19. The fourth-order valence-electron chi connectivity index (χ4n) is 4.91. The van der Waals surface area contributed by atoms with E-state index < -0.39 is 6.04 Å². The first-order valence-corrected chi connectivity index (χ1v) is 21.4. The van der Waals surface area contributed by atoms with Crippen LogP contribution in [0.5, 0.6) is 0 Å². The third-order valence-corrected chi connectivity index (χ3v) is 8.81. The van der Waals surface area contributed by atoms with Crippen molar-refractivity contribution in [2.75, 3.05) is 89.7 Å². The van der Waals surface area contributed by atoms with Gasteiger partial charge in [0.25, 0.3) is 0 Å². The minimum Gasteiger partial charge on any atom is -0.379 e. The lowest BCUT2D eigenvalue weighted by Gasteiger charge is -2.18. The molecule has 0 aromatic rings. The molecule has 14 nitrogen and oxygen atoms in total. The highest BCUT2D eigenvalue weighted by Crippen LogP contribution is 2.12. The topological polar surface area (TPSA) is 182 Å². The number of unbranched alkanes of at least 4 members (excludes halogenated alkanes) is 10. The number of hydrogen-bond acceptors (Lipinski definition) is 9. The van der Waals surface area contributed by atoms with E-state index in [-0.39, 0.29) is 66.4 Å². The zero-order chi connectivity index (χ0) is 38.3. The van der Waals surface area contributed by atoms with Crippen LogP contribution in [0.25, 0.3) is 0 Å². The first-order chi connectivity index (χ1) is 25.3. The lowest BCUT2D eigenvalue weighted by atomic mass is 10.1. The molecule has 52 heavy (non-hydrogen) atoms. The van der Waals surface area contributed by atoms with Crippen LogP contribution < -0.4 is 26.6 Å². The molecule has 1 atom stereocenters. The summed E-state index contributed by atoms with van der Waals surface area (Å²) < 4.78 is 21.9. The summed E-state index contributed by atoms with van der Waals surface area (Å²) in [6.45, 7) is 6.53. The number of rotatable bonds is 38. The van der Waals surface area contributed by atoms with Gasteiger partial charge >= 0.3 is 0 Å². The van der Waals surface area contributed by atoms with E-state index in [1.807, 2.05) is 0 Å². The zero-order valence-electron chi connectivity index (χ0n) is 31.5. The van der Waals surface area contributed by atoms with Gasteiger partial charge < -0.3 is 45.5 Å². The summed E-state index contributed by atoms with van der Waals surface area (Å²) in [4.78, 5) is 59.5. The fourth-order valence-corrected chi connectivity index (χ4v) is 5.27. The second kappa shape index (κ2) is 38.9. The summed E-state index contributed by atoms with van der Waals surface area (Å²) in [6.07, 6.45) is 15.6. The number of hydrogen-bond donors (Lipinski definition) is 5. The standard InChI is InChI=1S/C36H67Br2N5O9/c1-2-3-4-5-6-7-8-9-10-11-12-15-32(44)40-18-22-50-27-28-51-23-19-41-33(45)16-21-49-25-26-52-24-20-42-36(48)31(43-35(47)30-38)14-13-17-39-34(46)29-37/h31H,2-30H2,1H3,(H,39,46)(H,40,44)(H,41,45)(H,42,48)(H,43,47)/t31-/m0/s1. The molecule has 0 radical (unpaired) electrons. The van der Waals surface area contributed by atoms with Gasteiger partial charge in [-0.3, -0.25) is 24.0 Å². The molecule has 0 unspecified atom stereocenters. The predicted molar refractivity (Wildman–Crippen MR) is 210 cm³/mol. The van der Waals surface area contributed by atoms with Gasteiger partial charge in [-0.15, -0.1) is 0 Å². The van der Waals surface area contributed by atoms with Crippen LogP contribution in [-0.2, 0) is 42.9 Å². The molecule has 0 saturated heterocycles. The Morgan fingerprint density at radius 3 is 1.42 bits per heavy atom. The summed E-state index contributed by atoms with van der Waals surface area (Å²) in [6, 6.07) is -0.716. The number of nitrogens with one attached hydrogen (secondary N) is 5. The summed E-state index contributed by atoms with van der Waals surface area (Å²) in [5.41, 5.74) is 0. The number of halogens is 2. The van der Waals surface area contributed by atoms with Gasteiger partial charge in [0.05, 0.1) is 63.5 Å². The van der Waals surface area contributed by atoms with Crippen LogP contribution in [-0.4, -0.2) is 125 Å². The molecule has 0 rings (SSSR count). The maximum absolute atomic E-state index is 12.5. The van der Waals surface area contributed by atoms with Crippen LogP contribution >= 0.6 is 31.9 Å². The zero-order valence-corrected chi connectivity index (χ0v) is 34.7. The van der Waals surface area contributed by atoms with Gasteiger partial charge in [-0.05, 0) is 19.3 Å². The highest BCUT2D eigenvalue weighted by molar-refractivity contribution is 9.09. The van der Waals surface area contributed by atoms with Crippen LogP contribution in [0, 0.1) is 0 Å². The van der Waals surface area contributed by atoms with Crippen molar-refractivity contribution < 1.29 is 42.9 Å². The van der Waals surface area contributed by atoms with Gasteiger partial charge in [-0.1, -0.05) is 103 Å². The molecule has 0 aliphatic heterocycles. The molecule has 0 aromatic carbocycles.